The van der Waals surface area contributed by atoms with Crippen molar-refractivity contribution in [2.45, 2.75) is 51.5 Å². The van der Waals surface area contributed by atoms with Gasteiger partial charge in [-0.25, -0.2) is 0 Å². The molecule has 1 aromatic heterocycles. The Bertz CT molecular complexity index is 1100. The standard InChI is InChI=1S/C26H31N3O3/c1-26(2,3)29-16-21(32-25(29)19-8-5-4-6-9-19)17-31-23-12-11-18(10-7-13-30)24-22(23)14-20(15-27)28-24/h4-6,8-9,11-12,14,21,25,28,30H,7,10,13,16-17H2,1-3H3/t21-,25?/m0/s1. The summed E-state index contributed by atoms with van der Waals surface area (Å²) in [6.45, 7) is 7.94. The highest BCUT2D eigenvalue weighted by Gasteiger charge is 2.40. The molecule has 2 aromatic carbocycles. The van der Waals surface area contributed by atoms with Gasteiger partial charge in [-0.2, -0.15) is 5.26 Å². The molecule has 2 atom stereocenters. The SMILES string of the molecule is CC(C)(C)N1C[C@@H](COc2ccc(CCCO)c3[nH]c(C#N)cc23)OC1c1ccccc1. The van der Waals surface area contributed by atoms with Crippen molar-refractivity contribution < 1.29 is 14.6 Å². The van der Waals surface area contributed by atoms with Crippen LogP contribution in [-0.2, 0) is 11.2 Å². The molecule has 0 spiro atoms. The summed E-state index contributed by atoms with van der Waals surface area (Å²) in [5.41, 5.74) is 3.58. The zero-order valence-electron chi connectivity index (χ0n) is 19.0. The van der Waals surface area contributed by atoms with Gasteiger partial charge in [0.15, 0.2) is 0 Å². The second-order valence-corrected chi connectivity index (χ2v) is 9.29. The van der Waals surface area contributed by atoms with Crippen LogP contribution in [0.25, 0.3) is 10.9 Å². The zero-order chi connectivity index (χ0) is 22.7. The van der Waals surface area contributed by atoms with Crippen molar-refractivity contribution in [2.75, 3.05) is 19.8 Å². The Kier molecular flexibility index (Phi) is 6.52. The van der Waals surface area contributed by atoms with Crippen molar-refractivity contribution in [3.05, 3.63) is 65.4 Å². The number of aliphatic hydroxyl groups is 1. The van der Waals surface area contributed by atoms with Crippen molar-refractivity contribution >= 4 is 10.9 Å². The van der Waals surface area contributed by atoms with Crippen LogP contribution in [0.1, 0.15) is 50.2 Å². The van der Waals surface area contributed by atoms with E-state index in [1.165, 1.54) is 0 Å². The van der Waals surface area contributed by atoms with Crippen LogP contribution >= 0.6 is 0 Å². The van der Waals surface area contributed by atoms with E-state index in [0.717, 1.165) is 40.7 Å². The third-order valence-electron chi connectivity index (χ3n) is 5.94. The fourth-order valence-electron chi connectivity index (χ4n) is 4.31. The van der Waals surface area contributed by atoms with Gasteiger partial charge >= 0.3 is 0 Å². The van der Waals surface area contributed by atoms with Crippen molar-refractivity contribution in [3.8, 4) is 11.8 Å². The van der Waals surface area contributed by atoms with E-state index >= 15 is 0 Å². The van der Waals surface area contributed by atoms with Crippen molar-refractivity contribution in [3.63, 3.8) is 0 Å². The molecule has 32 heavy (non-hydrogen) atoms. The minimum atomic E-state index is -0.108. The number of benzene rings is 2. The molecule has 0 radical (unpaired) electrons. The Morgan fingerprint density at radius 1 is 1.22 bits per heavy atom. The largest absolute Gasteiger partial charge is 0.490 e. The number of aryl methyl sites for hydroxylation is 1. The lowest BCUT2D eigenvalue weighted by atomic mass is 10.0. The Morgan fingerprint density at radius 2 is 2.00 bits per heavy atom. The lowest BCUT2D eigenvalue weighted by molar-refractivity contribution is -0.0397. The number of nitrogens with one attached hydrogen (secondary N) is 1. The minimum Gasteiger partial charge on any atom is -0.490 e. The van der Waals surface area contributed by atoms with Crippen LogP contribution in [0.4, 0.5) is 0 Å². The normalized spacial score (nSPS) is 19.3. The summed E-state index contributed by atoms with van der Waals surface area (Å²) >= 11 is 0. The summed E-state index contributed by atoms with van der Waals surface area (Å²) in [4.78, 5) is 5.55. The quantitative estimate of drug-likeness (QED) is 0.572. The smallest absolute Gasteiger partial charge is 0.137 e. The third kappa shape index (κ3) is 4.66. The molecule has 3 aromatic rings. The third-order valence-corrected chi connectivity index (χ3v) is 5.94. The molecule has 4 rings (SSSR count). The predicted molar refractivity (Wildman–Crippen MR) is 124 cm³/mol. The van der Waals surface area contributed by atoms with E-state index in [1.54, 1.807) is 0 Å². The molecule has 2 N–H and O–H groups in total. The Morgan fingerprint density at radius 3 is 2.69 bits per heavy atom. The maximum atomic E-state index is 9.35. The molecule has 0 amide bonds. The highest BCUT2D eigenvalue weighted by molar-refractivity contribution is 5.90. The van der Waals surface area contributed by atoms with E-state index < -0.39 is 0 Å². The lowest BCUT2D eigenvalue weighted by Gasteiger charge is -2.35. The van der Waals surface area contributed by atoms with Gasteiger partial charge in [0.25, 0.3) is 0 Å². The first-order valence-corrected chi connectivity index (χ1v) is 11.2. The maximum Gasteiger partial charge on any atom is 0.137 e. The number of H-pyrrole nitrogens is 1. The first kappa shape index (κ1) is 22.3. The van der Waals surface area contributed by atoms with Crippen LogP contribution < -0.4 is 4.74 Å². The van der Waals surface area contributed by atoms with Crippen LogP contribution in [-0.4, -0.2) is 46.4 Å². The molecule has 1 saturated heterocycles. The number of nitriles is 1. The van der Waals surface area contributed by atoms with Crippen LogP contribution in [0.15, 0.2) is 48.5 Å². The molecule has 0 bridgehead atoms. The van der Waals surface area contributed by atoms with Crippen molar-refractivity contribution in [1.82, 2.24) is 9.88 Å². The zero-order valence-corrected chi connectivity index (χ0v) is 19.0. The fraction of sp³-hybridized carbons (Fsp3) is 0.423. The van der Waals surface area contributed by atoms with Crippen LogP contribution in [0, 0.1) is 11.3 Å². The number of nitrogens with zero attached hydrogens (tertiary/aromatic N) is 2. The molecular weight excluding hydrogens is 402 g/mol. The summed E-state index contributed by atoms with van der Waals surface area (Å²) < 4.78 is 12.7. The summed E-state index contributed by atoms with van der Waals surface area (Å²) in [6, 6.07) is 18.3. The van der Waals surface area contributed by atoms with Gasteiger partial charge in [-0.1, -0.05) is 36.4 Å². The predicted octanol–water partition coefficient (Wildman–Crippen LogP) is 4.54. The van der Waals surface area contributed by atoms with Gasteiger partial charge in [0.05, 0.1) is 5.52 Å². The summed E-state index contributed by atoms with van der Waals surface area (Å²) in [5, 5.41) is 19.4. The first-order valence-electron chi connectivity index (χ1n) is 11.2. The molecule has 0 saturated carbocycles. The molecule has 1 aliphatic heterocycles. The number of hydrogen-bond acceptors (Lipinski definition) is 5. The Hall–Kier alpha value is -2.85. The number of aromatic nitrogens is 1. The van der Waals surface area contributed by atoms with Gasteiger partial charge in [-0.15, -0.1) is 0 Å². The number of hydrogen-bond donors (Lipinski definition) is 2. The number of aliphatic hydroxyl groups excluding tert-OH is 1. The van der Waals surface area contributed by atoms with Crippen LogP contribution in [0.2, 0.25) is 0 Å². The highest BCUT2D eigenvalue weighted by atomic mass is 16.6. The lowest BCUT2D eigenvalue weighted by Crippen LogP contribution is -2.42. The van der Waals surface area contributed by atoms with Crippen molar-refractivity contribution in [2.24, 2.45) is 0 Å². The molecule has 1 aliphatic rings. The van der Waals surface area contributed by atoms with Gasteiger partial charge in [0.1, 0.15) is 36.5 Å². The van der Waals surface area contributed by atoms with E-state index in [9.17, 15) is 10.4 Å². The van der Waals surface area contributed by atoms with Crippen molar-refractivity contribution in [1.29, 1.82) is 5.26 Å². The summed E-state index contributed by atoms with van der Waals surface area (Å²) in [7, 11) is 0. The van der Waals surface area contributed by atoms with Gasteiger partial charge in [-0.3, -0.25) is 4.90 Å². The monoisotopic (exact) mass is 433 g/mol. The molecule has 6 nitrogen and oxygen atoms in total. The second kappa shape index (κ2) is 9.33. The topological polar surface area (TPSA) is 81.5 Å². The first-order chi connectivity index (χ1) is 15.4. The molecular formula is C26H31N3O3. The van der Waals surface area contributed by atoms with E-state index in [4.69, 9.17) is 9.47 Å². The number of ether oxygens (including phenoxy) is 2. The molecule has 2 heterocycles. The molecule has 168 valence electrons. The van der Waals surface area contributed by atoms with Gasteiger partial charge in [0.2, 0.25) is 0 Å². The Labute approximate surface area is 189 Å². The second-order valence-electron chi connectivity index (χ2n) is 9.29. The van der Waals surface area contributed by atoms with Gasteiger partial charge < -0.3 is 19.6 Å². The summed E-state index contributed by atoms with van der Waals surface area (Å²) in [6.07, 6.45) is 1.24. The molecule has 0 aliphatic carbocycles. The van der Waals surface area contributed by atoms with Gasteiger partial charge in [0, 0.05) is 24.1 Å². The molecule has 6 heteroatoms. The Balaban J connectivity index is 1.53. The average molecular weight is 434 g/mol. The summed E-state index contributed by atoms with van der Waals surface area (Å²) in [5.74, 6) is 0.736. The van der Waals surface area contributed by atoms with E-state index in [0.29, 0.717) is 18.7 Å². The van der Waals surface area contributed by atoms with E-state index in [-0.39, 0.29) is 24.5 Å². The molecule has 1 fully saturated rings. The minimum absolute atomic E-state index is 0.0424. The number of rotatable bonds is 7. The number of fused-ring (bicyclic) bond motifs is 1. The van der Waals surface area contributed by atoms with Gasteiger partial charge in [-0.05, 0) is 56.9 Å². The highest BCUT2D eigenvalue weighted by Crippen LogP contribution is 2.37. The van der Waals surface area contributed by atoms with Crippen LogP contribution in [0.3, 0.4) is 0 Å². The van der Waals surface area contributed by atoms with E-state index in [1.807, 2.05) is 36.4 Å². The molecule has 1 unspecified atom stereocenters. The fourth-order valence-corrected chi connectivity index (χ4v) is 4.31. The van der Waals surface area contributed by atoms with Crippen LogP contribution in [0.5, 0.6) is 5.75 Å². The van der Waals surface area contributed by atoms with E-state index in [2.05, 4.69) is 48.9 Å². The maximum absolute atomic E-state index is 9.35. The number of aromatic amines is 1. The average Bonchev–Trinajstić information content (AvgIpc) is 3.42.